The predicted molar refractivity (Wildman–Crippen MR) is 67.6 cm³/mol. The lowest BCUT2D eigenvalue weighted by Crippen LogP contribution is -2.27. The highest BCUT2D eigenvalue weighted by molar-refractivity contribution is 5.92. The quantitative estimate of drug-likeness (QED) is 0.800. The van der Waals surface area contributed by atoms with Gasteiger partial charge in [-0.1, -0.05) is 19.1 Å². The zero-order valence-corrected chi connectivity index (χ0v) is 10.2. The zero-order chi connectivity index (χ0) is 12.3. The highest BCUT2D eigenvalue weighted by Gasteiger charge is 2.15. The Morgan fingerprint density at radius 1 is 1.53 bits per heavy atom. The normalized spacial score (nSPS) is 19.6. The van der Waals surface area contributed by atoms with Crippen LogP contribution in [0.1, 0.15) is 23.0 Å². The molecule has 1 unspecified atom stereocenters. The molecule has 0 saturated carbocycles. The fraction of sp³-hybridized carbons (Fsp3) is 0.385. The highest BCUT2D eigenvalue weighted by Crippen LogP contribution is 2.24. The Kier molecular flexibility index (Phi) is 3.54. The van der Waals surface area contributed by atoms with Crippen molar-refractivity contribution in [3.8, 4) is 0 Å². The second-order valence-corrected chi connectivity index (χ2v) is 4.23. The van der Waals surface area contributed by atoms with Gasteiger partial charge in [0.25, 0.3) is 5.91 Å². The Labute approximate surface area is 101 Å². The van der Waals surface area contributed by atoms with E-state index in [0.717, 1.165) is 18.7 Å². The van der Waals surface area contributed by atoms with Crippen LogP contribution in [0, 0.1) is 5.92 Å². The summed E-state index contributed by atoms with van der Waals surface area (Å²) in [7, 11) is 1.61. The van der Waals surface area contributed by atoms with Crippen molar-refractivity contribution >= 4 is 11.5 Å². The standard InChI is InChI=1S/C13H17N3O/c1-9-7-15-6-5-11(9)10-3-4-12(16-8-10)13(17)14-2/h3-5,8-9,15H,6-7H2,1-2H3,(H,14,17). The predicted octanol–water partition coefficient (Wildman–Crippen LogP) is 1.06. The van der Waals surface area contributed by atoms with Crippen molar-refractivity contribution in [2.24, 2.45) is 5.92 Å². The molecule has 1 amide bonds. The van der Waals surface area contributed by atoms with Crippen molar-refractivity contribution in [1.29, 1.82) is 0 Å². The molecule has 2 heterocycles. The lowest BCUT2D eigenvalue weighted by Gasteiger charge is -2.21. The third-order valence-corrected chi connectivity index (χ3v) is 3.00. The maximum atomic E-state index is 11.4. The topological polar surface area (TPSA) is 54.0 Å². The number of amides is 1. The molecule has 0 radical (unpaired) electrons. The number of carbonyl (C=O) groups is 1. The molecule has 0 aromatic carbocycles. The van der Waals surface area contributed by atoms with Crippen LogP contribution < -0.4 is 10.6 Å². The van der Waals surface area contributed by atoms with Crippen LogP contribution in [0.25, 0.3) is 5.57 Å². The van der Waals surface area contributed by atoms with Crippen molar-refractivity contribution in [3.05, 3.63) is 35.7 Å². The lowest BCUT2D eigenvalue weighted by molar-refractivity contribution is 0.0958. The second kappa shape index (κ2) is 5.10. The number of hydrogen-bond donors (Lipinski definition) is 2. The van der Waals surface area contributed by atoms with E-state index in [4.69, 9.17) is 0 Å². The van der Waals surface area contributed by atoms with E-state index < -0.39 is 0 Å². The van der Waals surface area contributed by atoms with Crippen LogP contribution in [-0.4, -0.2) is 31.0 Å². The minimum absolute atomic E-state index is 0.149. The largest absolute Gasteiger partial charge is 0.354 e. The maximum Gasteiger partial charge on any atom is 0.269 e. The second-order valence-electron chi connectivity index (χ2n) is 4.23. The van der Waals surface area contributed by atoms with Crippen molar-refractivity contribution in [3.63, 3.8) is 0 Å². The van der Waals surface area contributed by atoms with E-state index >= 15 is 0 Å². The Bertz CT molecular complexity index is 436. The van der Waals surface area contributed by atoms with Crippen molar-refractivity contribution in [2.45, 2.75) is 6.92 Å². The van der Waals surface area contributed by atoms with Crippen LogP contribution in [0.4, 0.5) is 0 Å². The van der Waals surface area contributed by atoms with Gasteiger partial charge in [0.1, 0.15) is 5.69 Å². The number of nitrogens with zero attached hydrogens (tertiary/aromatic N) is 1. The number of carbonyl (C=O) groups excluding carboxylic acids is 1. The molecule has 4 nitrogen and oxygen atoms in total. The van der Waals surface area contributed by atoms with Gasteiger partial charge in [0.2, 0.25) is 0 Å². The highest BCUT2D eigenvalue weighted by atomic mass is 16.1. The molecular weight excluding hydrogens is 214 g/mol. The number of pyridine rings is 1. The molecule has 90 valence electrons. The van der Waals surface area contributed by atoms with Crippen LogP contribution in [0.3, 0.4) is 0 Å². The smallest absolute Gasteiger partial charge is 0.269 e. The molecule has 1 aromatic rings. The minimum atomic E-state index is -0.149. The first kappa shape index (κ1) is 11.8. The summed E-state index contributed by atoms with van der Waals surface area (Å²) in [4.78, 5) is 15.6. The van der Waals surface area contributed by atoms with Gasteiger partial charge in [-0.2, -0.15) is 0 Å². The van der Waals surface area contributed by atoms with Gasteiger partial charge in [-0.15, -0.1) is 0 Å². The third kappa shape index (κ3) is 2.53. The van der Waals surface area contributed by atoms with Crippen molar-refractivity contribution < 1.29 is 4.79 Å². The lowest BCUT2D eigenvalue weighted by atomic mass is 9.92. The number of hydrogen-bond acceptors (Lipinski definition) is 3. The van der Waals surface area contributed by atoms with E-state index in [-0.39, 0.29) is 5.91 Å². The first-order chi connectivity index (χ1) is 8.22. The SMILES string of the molecule is CNC(=O)c1ccc(C2=CCNCC2C)cn1. The summed E-state index contributed by atoms with van der Waals surface area (Å²) in [6.07, 6.45) is 3.96. The van der Waals surface area contributed by atoms with Crippen molar-refractivity contribution in [1.82, 2.24) is 15.6 Å². The zero-order valence-electron chi connectivity index (χ0n) is 10.2. The molecule has 1 atom stereocenters. The molecule has 2 N–H and O–H groups in total. The first-order valence-electron chi connectivity index (χ1n) is 5.81. The molecule has 1 aliphatic heterocycles. The molecule has 0 bridgehead atoms. The van der Waals surface area contributed by atoms with Gasteiger partial charge in [-0.25, -0.2) is 0 Å². The molecule has 1 aromatic heterocycles. The maximum absolute atomic E-state index is 11.4. The molecule has 17 heavy (non-hydrogen) atoms. The first-order valence-corrected chi connectivity index (χ1v) is 5.81. The van der Waals surface area contributed by atoms with Crippen LogP contribution in [-0.2, 0) is 0 Å². The minimum Gasteiger partial charge on any atom is -0.354 e. The van der Waals surface area contributed by atoms with Gasteiger partial charge in [-0.3, -0.25) is 9.78 Å². The van der Waals surface area contributed by atoms with Gasteiger partial charge >= 0.3 is 0 Å². The summed E-state index contributed by atoms with van der Waals surface area (Å²) in [6.45, 7) is 4.07. The van der Waals surface area contributed by atoms with Crippen molar-refractivity contribution in [2.75, 3.05) is 20.1 Å². The Morgan fingerprint density at radius 2 is 2.35 bits per heavy atom. The summed E-state index contributed by atoms with van der Waals surface area (Å²) < 4.78 is 0. The van der Waals surface area contributed by atoms with Gasteiger partial charge in [-0.05, 0) is 23.1 Å². The molecule has 1 aliphatic rings. The molecule has 2 rings (SSSR count). The third-order valence-electron chi connectivity index (χ3n) is 3.00. The van der Waals surface area contributed by atoms with Crippen LogP contribution in [0.15, 0.2) is 24.4 Å². The fourth-order valence-electron chi connectivity index (χ4n) is 2.02. The van der Waals surface area contributed by atoms with Crippen LogP contribution >= 0.6 is 0 Å². The van der Waals surface area contributed by atoms with Gasteiger partial charge in [0, 0.05) is 26.3 Å². The summed E-state index contributed by atoms with van der Waals surface area (Å²) in [6, 6.07) is 3.73. The summed E-state index contributed by atoms with van der Waals surface area (Å²) >= 11 is 0. The molecule has 0 fully saturated rings. The fourth-order valence-corrected chi connectivity index (χ4v) is 2.02. The van der Waals surface area contributed by atoms with E-state index in [1.165, 1.54) is 5.57 Å². The van der Waals surface area contributed by atoms with Gasteiger partial charge in [0.15, 0.2) is 0 Å². The van der Waals surface area contributed by atoms with Crippen LogP contribution in [0.2, 0.25) is 0 Å². The van der Waals surface area contributed by atoms with E-state index in [9.17, 15) is 4.79 Å². The average Bonchev–Trinajstić information content (AvgIpc) is 2.39. The summed E-state index contributed by atoms with van der Waals surface area (Å²) in [5, 5.41) is 5.88. The monoisotopic (exact) mass is 231 g/mol. The molecule has 0 saturated heterocycles. The van der Waals surface area contributed by atoms with Gasteiger partial charge < -0.3 is 10.6 Å². The Morgan fingerprint density at radius 3 is 2.94 bits per heavy atom. The average molecular weight is 231 g/mol. The van der Waals surface area contributed by atoms with E-state index in [1.807, 2.05) is 6.07 Å². The Balaban J connectivity index is 2.23. The Hall–Kier alpha value is -1.68. The van der Waals surface area contributed by atoms with E-state index in [0.29, 0.717) is 11.6 Å². The number of nitrogens with one attached hydrogen (secondary N) is 2. The molecule has 0 aliphatic carbocycles. The summed E-state index contributed by atoms with van der Waals surface area (Å²) in [5.41, 5.74) is 2.87. The molecule has 4 heteroatoms. The van der Waals surface area contributed by atoms with E-state index in [1.54, 1.807) is 19.3 Å². The van der Waals surface area contributed by atoms with E-state index in [2.05, 4.69) is 28.6 Å². The van der Waals surface area contributed by atoms with Crippen LogP contribution in [0.5, 0.6) is 0 Å². The molecule has 0 spiro atoms. The van der Waals surface area contributed by atoms with Gasteiger partial charge in [0.05, 0.1) is 0 Å². The molecular formula is C13H17N3O. The number of aromatic nitrogens is 1. The summed E-state index contributed by atoms with van der Waals surface area (Å²) in [5.74, 6) is 0.334. The number of rotatable bonds is 2.